The van der Waals surface area contributed by atoms with Gasteiger partial charge in [0.25, 0.3) is 0 Å². The fourth-order valence-corrected chi connectivity index (χ4v) is 0. The van der Waals surface area contributed by atoms with Crippen molar-refractivity contribution in [2.45, 2.75) is 0 Å². The van der Waals surface area contributed by atoms with Crippen molar-refractivity contribution in [1.82, 2.24) is 0 Å². The van der Waals surface area contributed by atoms with Crippen molar-refractivity contribution in [1.29, 1.82) is 0 Å². The van der Waals surface area contributed by atoms with E-state index in [9.17, 15) is 0 Å². The standard InChI is InChI=1S/4BO3.Na.10H2O/c4*2-1(3)4;;;;;;;;;;;/h;;;;;10*1H2/q4*-3;+1;;;;;;;;;;. The maximum absolute atomic E-state index is 8.42. The third-order valence-corrected chi connectivity index (χ3v) is 0. The molecule has 0 saturated heterocycles. The maximum atomic E-state index is 8.42. The molecular formula is H20B4NaO22-11. The van der Waals surface area contributed by atoms with Crippen molar-refractivity contribution in [3.05, 3.63) is 0 Å². The van der Waals surface area contributed by atoms with Gasteiger partial charge < -0.3 is 115 Å². The predicted molar refractivity (Wildman–Crippen MR) is 59.2 cm³/mol. The molecule has 0 aliphatic carbocycles. The first-order valence-electron chi connectivity index (χ1n) is 2.83. The number of hydrogen-bond acceptors (Lipinski definition) is 12. The molecule has 0 heterocycles. The summed E-state index contributed by atoms with van der Waals surface area (Å²) in [5.41, 5.74) is 0. The molecule has 0 aromatic rings. The third kappa shape index (κ3) is 109000. The van der Waals surface area contributed by atoms with Crippen LogP contribution in [0, 0.1) is 0 Å². The van der Waals surface area contributed by atoms with Gasteiger partial charge in [-0.15, -0.1) is 0 Å². The zero-order valence-corrected chi connectivity index (χ0v) is 15.2. The average Bonchev–Trinajstić information content (AvgIpc) is 1.76. The molecule has 0 aliphatic rings. The predicted octanol–water partition coefficient (Wildman–Crippen LogP) is -27.0. The van der Waals surface area contributed by atoms with Crippen molar-refractivity contribution < 1.29 is 145 Å². The third-order valence-electron chi connectivity index (χ3n) is 0. The first kappa shape index (κ1) is 124. The Labute approximate surface area is 174 Å². The van der Waals surface area contributed by atoms with E-state index < -0.39 is 29.3 Å². The van der Waals surface area contributed by atoms with E-state index in [0.29, 0.717) is 0 Å². The summed E-state index contributed by atoms with van der Waals surface area (Å²) in [6.45, 7) is 0. The summed E-state index contributed by atoms with van der Waals surface area (Å²) in [6.07, 6.45) is 0. The second-order valence-electron chi connectivity index (χ2n) is 1.15. The molecule has 0 fully saturated rings. The molecule has 0 aliphatic heterocycles. The van der Waals surface area contributed by atoms with Crippen LogP contribution in [0.2, 0.25) is 0 Å². The Morgan fingerprint density at radius 1 is 0.222 bits per heavy atom. The Bertz CT molecular complexity index is 65.3. The van der Waals surface area contributed by atoms with Gasteiger partial charge in [-0.2, -0.15) is 0 Å². The van der Waals surface area contributed by atoms with Crippen LogP contribution in [0.1, 0.15) is 0 Å². The van der Waals surface area contributed by atoms with Gasteiger partial charge in [-0.05, 0) is 0 Å². The summed E-state index contributed by atoms with van der Waals surface area (Å²) in [4.78, 5) is 0. The molecule has 0 rings (SSSR count). The van der Waals surface area contributed by atoms with Gasteiger partial charge in [-0.1, -0.05) is 0 Å². The molecule has 27 heavy (non-hydrogen) atoms. The van der Waals surface area contributed by atoms with Gasteiger partial charge in [0.15, 0.2) is 0 Å². The first-order valence-corrected chi connectivity index (χ1v) is 2.83. The minimum Gasteiger partial charge on any atom is -0.907 e. The molecule has 0 spiro atoms. The van der Waals surface area contributed by atoms with Crippen LogP contribution in [0.4, 0.5) is 0 Å². The van der Waals surface area contributed by atoms with E-state index in [1.54, 1.807) is 0 Å². The maximum Gasteiger partial charge on any atom is 1.00 e. The molecule has 0 radical (unpaired) electrons. The van der Waals surface area contributed by atoms with E-state index in [0.717, 1.165) is 0 Å². The van der Waals surface area contributed by atoms with Gasteiger partial charge in [-0.3, -0.25) is 29.3 Å². The van der Waals surface area contributed by atoms with Crippen LogP contribution in [-0.2, 0) is 0 Å². The smallest absolute Gasteiger partial charge is 0.907 e. The van der Waals surface area contributed by atoms with E-state index in [1.807, 2.05) is 0 Å². The van der Waals surface area contributed by atoms with Crippen LogP contribution >= 0.6 is 0 Å². The van der Waals surface area contributed by atoms with E-state index in [2.05, 4.69) is 0 Å². The number of rotatable bonds is 0. The molecule has 0 aromatic carbocycles. The molecule has 176 valence electrons. The molecule has 0 bridgehead atoms. The van der Waals surface area contributed by atoms with Crippen molar-refractivity contribution >= 4 is 29.3 Å². The minimum atomic E-state index is -2.92. The normalized spacial score (nSPS) is 4.00. The summed E-state index contributed by atoms with van der Waals surface area (Å²) in [7, 11) is -11.7. The number of hydrogen-bond donors (Lipinski definition) is 0. The van der Waals surface area contributed by atoms with Gasteiger partial charge in [-0.25, -0.2) is 0 Å². The van der Waals surface area contributed by atoms with Gasteiger partial charge in [0.2, 0.25) is 0 Å². The van der Waals surface area contributed by atoms with Crippen LogP contribution in [0.25, 0.3) is 0 Å². The average molecular weight is 438 g/mol. The van der Waals surface area contributed by atoms with Gasteiger partial charge in [0.1, 0.15) is 0 Å². The zero-order valence-electron chi connectivity index (χ0n) is 13.2. The molecule has 0 amide bonds. The second kappa shape index (κ2) is 111. The molecule has 0 unspecified atom stereocenters. The molecule has 0 atom stereocenters. The molecule has 22 nitrogen and oxygen atoms in total. The molecule has 0 aromatic heterocycles. The van der Waals surface area contributed by atoms with Crippen molar-refractivity contribution in [3.8, 4) is 0 Å². The Balaban J connectivity index is -0.00000000482. The Hall–Kier alpha value is 0.380. The quantitative estimate of drug-likeness (QED) is 0.318. The Morgan fingerprint density at radius 2 is 0.222 bits per heavy atom. The molecule has 27 heteroatoms. The second-order valence-corrected chi connectivity index (χ2v) is 1.15. The zero-order chi connectivity index (χ0) is 14.3. The largest absolute Gasteiger partial charge is 1.00 e. The first-order chi connectivity index (χ1) is 6.93. The topological polar surface area (TPSA) is 592 Å². The SMILES string of the molecule is O.O.O.O.O.O.O.O.O.O.[Na+].[O-]B([O-])[O-].[O-]B([O-])[O-].[O-]B([O-])[O-].[O-]B([O-])[O-]. The van der Waals surface area contributed by atoms with Crippen molar-refractivity contribution in [2.75, 3.05) is 0 Å². The van der Waals surface area contributed by atoms with Gasteiger partial charge in [0, 0.05) is 0 Å². The monoisotopic (exact) mass is 439 g/mol. The molecule has 0 saturated carbocycles. The fourth-order valence-electron chi connectivity index (χ4n) is 0. The van der Waals surface area contributed by atoms with Crippen molar-refractivity contribution in [2.24, 2.45) is 0 Å². The van der Waals surface area contributed by atoms with Crippen LogP contribution < -0.4 is 89.8 Å². The summed E-state index contributed by atoms with van der Waals surface area (Å²) in [5.74, 6) is 0. The van der Waals surface area contributed by atoms with Crippen LogP contribution in [0.15, 0.2) is 0 Å². The summed E-state index contributed by atoms with van der Waals surface area (Å²) in [6, 6.07) is 0. The summed E-state index contributed by atoms with van der Waals surface area (Å²) < 4.78 is 0. The summed E-state index contributed by atoms with van der Waals surface area (Å²) >= 11 is 0. The Morgan fingerprint density at radius 3 is 0.222 bits per heavy atom. The van der Waals surface area contributed by atoms with E-state index in [4.69, 9.17) is 60.3 Å². The van der Waals surface area contributed by atoms with E-state index in [-0.39, 0.29) is 84.3 Å². The molecular weight excluding hydrogens is 418 g/mol. The minimum absolute atomic E-state index is 0. The fraction of sp³-hybridized carbons (Fsp3) is 0. The Kier molecular flexibility index (Phi) is 511. The summed E-state index contributed by atoms with van der Waals surface area (Å²) in [5, 5.41) is 101. The van der Waals surface area contributed by atoms with Crippen LogP contribution in [-0.4, -0.2) is 84.0 Å². The van der Waals surface area contributed by atoms with Gasteiger partial charge in [0.05, 0.1) is 0 Å². The van der Waals surface area contributed by atoms with E-state index >= 15 is 0 Å². The van der Waals surface area contributed by atoms with Gasteiger partial charge >= 0.3 is 29.6 Å². The van der Waals surface area contributed by atoms with Crippen LogP contribution in [0.5, 0.6) is 0 Å². The van der Waals surface area contributed by atoms with Crippen molar-refractivity contribution in [3.63, 3.8) is 0 Å². The van der Waals surface area contributed by atoms with Crippen LogP contribution in [0.3, 0.4) is 0 Å². The van der Waals surface area contributed by atoms with E-state index in [1.165, 1.54) is 0 Å². The molecule has 20 N–H and O–H groups in total.